The smallest absolute Gasteiger partial charge is 0.137 e. The Balaban J connectivity index is 1.80. The normalized spacial score (nSPS) is 33.8. The first kappa shape index (κ1) is 14.9. The maximum absolute atomic E-state index is 12.2. The van der Waals surface area contributed by atoms with Crippen molar-refractivity contribution in [3.8, 4) is 11.8 Å². The van der Waals surface area contributed by atoms with E-state index in [2.05, 4.69) is 24.8 Å². The molecule has 0 spiro atoms. The maximum atomic E-state index is 12.2. The van der Waals surface area contributed by atoms with Gasteiger partial charge in [0.05, 0.1) is 0 Å². The average Bonchev–Trinajstić information content (AvgIpc) is 3.03. The van der Waals surface area contributed by atoms with E-state index in [1.54, 1.807) is 13.8 Å². The van der Waals surface area contributed by atoms with E-state index in [1.807, 2.05) is 0 Å². The summed E-state index contributed by atoms with van der Waals surface area (Å²) in [4.78, 5) is 12.2. The third-order valence-electron chi connectivity index (χ3n) is 5.70. The zero-order chi connectivity index (χ0) is 15.3. The number of hydrogen-bond donors (Lipinski definition) is 1. The fourth-order valence-corrected chi connectivity index (χ4v) is 4.46. The van der Waals surface area contributed by atoms with Crippen LogP contribution < -0.4 is 0 Å². The molecule has 0 saturated heterocycles. The summed E-state index contributed by atoms with van der Waals surface area (Å²) in [5, 5.41) is 9.74. The Morgan fingerprint density at radius 2 is 2.10 bits per heavy atom. The maximum Gasteiger partial charge on any atom is 0.137 e. The second kappa shape index (κ2) is 4.71. The third-order valence-corrected chi connectivity index (χ3v) is 5.70. The molecule has 0 aliphatic heterocycles. The quantitative estimate of drug-likeness (QED) is 0.621. The first-order valence-corrected chi connectivity index (χ1v) is 8.23. The van der Waals surface area contributed by atoms with Crippen LogP contribution in [0.2, 0.25) is 0 Å². The summed E-state index contributed by atoms with van der Waals surface area (Å²) in [7, 11) is 0. The Bertz CT molecular complexity index is 548. The standard InChI is InChI=1S/C19H26O2/c1-17(2,21)9-5-11-19(12-13-19)16-8-7-14-15(20)6-4-10-18(14,16)3/h8,14,21H,4,6-7,10-13H2,1-3H3. The lowest BCUT2D eigenvalue weighted by Gasteiger charge is -2.40. The van der Waals surface area contributed by atoms with Crippen molar-refractivity contribution in [2.24, 2.45) is 16.7 Å². The number of carbonyl (C=O) groups is 1. The minimum Gasteiger partial charge on any atom is -0.378 e. The largest absolute Gasteiger partial charge is 0.378 e. The summed E-state index contributed by atoms with van der Waals surface area (Å²) in [6.45, 7) is 5.76. The van der Waals surface area contributed by atoms with Crippen LogP contribution in [0.25, 0.3) is 0 Å². The molecule has 0 aromatic rings. The lowest BCUT2D eigenvalue weighted by atomic mass is 9.62. The van der Waals surface area contributed by atoms with Crippen LogP contribution in [0.15, 0.2) is 11.6 Å². The molecular weight excluding hydrogens is 260 g/mol. The number of Topliss-reactive ketones (excluding diaryl/α,β-unsaturated/α-hetero) is 1. The molecule has 0 amide bonds. The highest BCUT2D eigenvalue weighted by atomic mass is 16.3. The molecule has 2 fully saturated rings. The number of aliphatic hydroxyl groups is 1. The van der Waals surface area contributed by atoms with E-state index < -0.39 is 5.60 Å². The molecule has 0 aromatic heterocycles. The fourth-order valence-electron chi connectivity index (χ4n) is 4.46. The predicted octanol–water partition coefficient (Wildman–Crippen LogP) is 3.64. The number of hydrogen-bond acceptors (Lipinski definition) is 2. The average molecular weight is 286 g/mol. The van der Waals surface area contributed by atoms with Gasteiger partial charge in [-0.05, 0) is 51.4 Å². The van der Waals surface area contributed by atoms with E-state index in [-0.39, 0.29) is 16.7 Å². The monoisotopic (exact) mass is 286 g/mol. The molecule has 3 aliphatic carbocycles. The van der Waals surface area contributed by atoms with E-state index in [0.29, 0.717) is 5.78 Å². The lowest BCUT2D eigenvalue weighted by molar-refractivity contribution is -0.128. The molecule has 0 bridgehead atoms. The van der Waals surface area contributed by atoms with Gasteiger partial charge in [0, 0.05) is 24.2 Å². The molecule has 3 aliphatic rings. The Morgan fingerprint density at radius 3 is 2.71 bits per heavy atom. The highest BCUT2D eigenvalue weighted by Gasteiger charge is 2.57. The van der Waals surface area contributed by atoms with Gasteiger partial charge >= 0.3 is 0 Å². The summed E-state index contributed by atoms with van der Waals surface area (Å²) in [6, 6.07) is 0. The van der Waals surface area contributed by atoms with Gasteiger partial charge in [-0.25, -0.2) is 0 Å². The van der Waals surface area contributed by atoms with Crippen molar-refractivity contribution in [2.45, 2.75) is 71.3 Å². The van der Waals surface area contributed by atoms with Crippen LogP contribution in [-0.2, 0) is 4.79 Å². The fraction of sp³-hybridized carbons (Fsp3) is 0.737. The van der Waals surface area contributed by atoms with Gasteiger partial charge in [0.1, 0.15) is 11.4 Å². The Labute approximate surface area is 128 Å². The topological polar surface area (TPSA) is 37.3 Å². The van der Waals surface area contributed by atoms with Gasteiger partial charge < -0.3 is 5.11 Å². The van der Waals surface area contributed by atoms with Crippen molar-refractivity contribution in [3.63, 3.8) is 0 Å². The minimum absolute atomic E-state index is 0.0856. The van der Waals surface area contributed by atoms with Crippen LogP contribution in [0.1, 0.15) is 65.7 Å². The molecule has 0 aromatic carbocycles. The van der Waals surface area contributed by atoms with E-state index >= 15 is 0 Å². The van der Waals surface area contributed by atoms with Crippen LogP contribution in [0.5, 0.6) is 0 Å². The zero-order valence-corrected chi connectivity index (χ0v) is 13.5. The molecule has 21 heavy (non-hydrogen) atoms. The van der Waals surface area contributed by atoms with Gasteiger partial charge in [-0.3, -0.25) is 4.79 Å². The van der Waals surface area contributed by atoms with E-state index in [4.69, 9.17) is 0 Å². The van der Waals surface area contributed by atoms with Crippen LogP contribution in [0.3, 0.4) is 0 Å². The Kier molecular flexibility index (Phi) is 3.33. The molecule has 114 valence electrons. The number of rotatable bonds is 2. The van der Waals surface area contributed by atoms with E-state index in [1.165, 1.54) is 18.4 Å². The zero-order valence-electron chi connectivity index (χ0n) is 13.5. The van der Waals surface area contributed by atoms with E-state index in [9.17, 15) is 9.90 Å². The van der Waals surface area contributed by atoms with Crippen molar-refractivity contribution in [2.75, 3.05) is 0 Å². The van der Waals surface area contributed by atoms with Gasteiger partial charge in [0.15, 0.2) is 0 Å². The number of ketones is 1. The van der Waals surface area contributed by atoms with Crippen LogP contribution in [-0.4, -0.2) is 16.5 Å². The molecule has 2 heteroatoms. The van der Waals surface area contributed by atoms with Gasteiger partial charge in [-0.15, -0.1) is 0 Å². The van der Waals surface area contributed by atoms with Crippen molar-refractivity contribution < 1.29 is 9.90 Å². The molecule has 1 N–H and O–H groups in total. The van der Waals surface area contributed by atoms with Gasteiger partial charge in [-0.2, -0.15) is 0 Å². The molecule has 2 saturated carbocycles. The summed E-state index contributed by atoms with van der Waals surface area (Å²) in [5.41, 5.74) is 0.896. The molecule has 3 rings (SSSR count). The molecule has 0 heterocycles. The molecule has 0 radical (unpaired) electrons. The Hall–Kier alpha value is -1.07. The lowest BCUT2D eigenvalue weighted by Crippen LogP contribution is -2.37. The first-order valence-electron chi connectivity index (χ1n) is 8.23. The predicted molar refractivity (Wildman–Crippen MR) is 83.5 cm³/mol. The van der Waals surface area contributed by atoms with Gasteiger partial charge in [0.25, 0.3) is 0 Å². The second-order valence-electron chi connectivity index (χ2n) is 7.96. The van der Waals surface area contributed by atoms with Crippen molar-refractivity contribution in [1.82, 2.24) is 0 Å². The van der Waals surface area contributed by atoms with Crippen LogP contribution in [0, 0.1) is 28.6 Å². The Morgan fingerprint density at radius 1 is 1.38 bits per heavy atom. The molecular formula is C19H26O2. The van der Waals surface area contributed by atoms with Crippen LogP contribution >= 0.6 is 0 Å². The number of carbonyl (C=O) groups excluding carboxylic acids is 1. The molecule has 2 nitrogen and oxygen atoms in total. The third kappa shape index (κ3) is 2.57. The summed E-state index contributed by atoms with van der Waals surface area (Å²) in [6.07, 6.45) is 9.46. The van der Waals surface area contributed by atoms with Crippen LogP contribution in [0.4, 0.5) is 0 Å². The summed E-state index contributed by atoms with van der Waals surface area (Å²) in [5.74, 6) is 6.84. The van der Waals surface area contributed by atoms with Gasteiger partial charge in [-0.1, -0.05) is 30.4 Å². The summed E-state index contributed by atoms with van der Waals surface area (Å²) >= 11 is 0. The van der Waals surface area contributed by atoms with Crippen molar-refractivity contribution in [1.29, 1.82) is 0 Å². The molecule has 2 unspecified atom stereocenters. The molecule has 2 atom stereocenters. The minimum atomic E-state index is -0.909. The highest BCUT2D eigenvalue weighted by Crippen LogP contribution is 2.65. The van der Waals surface area contributed by atoms with Crippen molar-refractivity contribution in [3.05, 3.63) is 11.6 Å². The second-order valence-corrected chi connectivity index (χ2v) is 7.96. The summed E-state index contributed by atoms with van der Waals surface area (Å²) < 4.78 is 0. The number of allylic oxidation sites excluding steroid dienone is 2. The van der Waals surface area contributed by atoms with E-state index in [0.717, 1.165) is 32.1 Å². The number of fused-ring (bicyclic) bond motifs is 1. The van der Waals surface area contributed by atoms with Crippen molar-refractivity contribution >= 4 is 5.78 Å². The SMILES string of the molecule is CC(C)(O)C#CCC1(C2=CCC3C(=O)CCCC23C)CC1. The highest BCUT2D eigenvalue weighted by molar-refractivity contribution is 5.84. The first-order chi connectivity index (χ1) is 9.77. The van der Waals surface area contributed by atoms with Gasteiger partial charge in [0.2, 0.25) is 0 Å².